The van der Waals surface area contributed by atoms with E-state index in [2.05, 4.69) is 16.4 Å². The number of pyridine rings is 1. The summed E-state index contributed by atoms with van der Waals surface area (Å²) in [5.41, 5.74) is 1.26. The standard InChI is InChI=1S/C16H24N2O2/c19-6-4-14-8-13(14)2-1-12-7-16(10-17-9-12)20-11-15-3-5-18-15/h7,9-10,13-15,18-19H,1-6,8,11H2/t13-,14+,15-/m0/s1. The zero-order valence-electron chi connectivity index (χ0n) is 11.9. The van der Waals surface area contributed by atoms with Gasteiger partial charge < -0.3 is 15.2 Å². The fourth-order valence-corrected chi connectivity index (χ4v) is 2.90. The second kappa shape index (κ2) is 6.55. The number of hydrogen-bond acceptors (Lipinski definition) is 4. The van der Waals surface area contributed by atoms with Gasteiger partial charge in [0, 0.05) is 18.8 Å². The van der Waals surface area contributed by atoms with Gasteiger partial charge in [0.05, 0.1) is 6.20 Å². The quantitative estimate of drug-likeness (QED) is 0.760. The van der Waals surface area contributed by atoms with Crippen LogP contribution < -0.4 is 10.1 Å². The lowest BCUT2D eigenvalue weighted by molar-refractivity contribution is 0.217. The van der Waals surface area contributed by atoms with Crippen molar-refractivity contribution in [1.29, 1.82) is 0 Å². The Morgan fingerprint density at radius 3 is 2.90 bits per heavy atom. The molecule has 1 aromatic heterocycles. The lowest BCUT2D eigenvalue weighted by Crippen LogP contribution is -2.46. The molecule has 4 heteroatoms. The summed E-state index contributed by atoms with van der Waals surface area (Å²) >= 11 is 0. The predicted molar refractivity (Wildman–Crippen MR) is 77.8 cm³/mol. The molecule has 1 aromatic rings. The van der Waals surface area contributed by atoms with Crippen LogP contribution in [-0.4, -0.2) is 35.9 Å². The molecule has 3 rings (SSSR count). The minimum absolute atomic E-state index is 0.335. The van der Waals surface area contributed by atoms with Crippen molar-refractivity contribution in [3.05, 3.63) is 24.0 Å². The molecule has 1 aliphatic heterocycles. The lowest BCUT2D eigenvalue weighted by Gasteiger charge is -2.27. The molecule has 0 radical (unpaired) electrons. The van der Waals surface area contributed by atoms with Crippen molar-refractivity contribution in [2.24, 2.45) is 11.8 Å². The molecule has 0 aromatic carbocycles. The van der Waals surface area contributed by atoms with E-state index in [4.69, 9.17) is 9.84 Å². The van der Waals surface area contributed by atoms with E-state index in [1.165, 1.54) is 24.8 Å². The summed E-state index contributed by atoms with van der Waals surface area (Å²) in [7, 11) is 0. The third kappa shape index (κ3) is 3.70. The van der Waals surface area contributed by atoms with Gasteiger partial charge in [0.2, 0.25) is 0 Å². The molecule has 1 saturated carbocycles. The highest BCUT2D eigenvalue weighted by molar-refractivity contribution is 5.24. The summed E-state index contributed by atoms with van der Waals surface area (Å²) in [6, 6.07) is 2.64. The van der Waals surface area contributed by atoms with Gasteiger partial charge >= 0.3 is 0 Å². The van der Waals surface area contributed by atoms with Gasteiger partial charge in [-0.15, -0.1) is 0 Å². The number of ether oxygens (including phenoxy) is 1. The number of aryl methyl sites for hydroxylation is 1. The van der Waals surface area contributed by atoms with Gasteiger partial charge in [0.25, 0.3) is 0 Å². The maximum absolute atomic E-state index is 8.91. The smallest absolute Gasteiger partial charge is 0.137 e. The van der Waals surface area contributed by atoms with Crippen LogP contribution >= 0.6 is 0 Å². The second-order valence-electron chi connectivity index (χ2n) is 6.09. The zero-order valence-corrected chi connectivity index (χ0v) is 11.9. The summed E-state index contributed by atoms with van der Waals surface area (Å²) in [6.07, 6.45) is 9.49. The number of aliphatic hydroxyl groups excluding tert-OH is 1. The summed E-state index contributed by atoms with van der Waals surface area (Å²) in [5.74, 6) is 2.46. The fourth-order valence-electron chi connectivity index (χ4n) is 2.90. The van der Waals surface area contributed by atoms with Gasteiger partial charge in [-0.25, -0.2) is 0 Å². The van der Waals surface area contributed by atoms with Crippen molar-refractivity contribution in [1.82, 2.24) is 10.3 Å². The Kier molecular flexibility index (Phi) is 4.53. The van der Waals surface area contributed by atoms with Crippen LogP contribution in [-0.2, 0) is 6.42 Å². The van der Waals surface area contributed by atoms with Crippen molar-refractivity contribution in [3.63, 3.8) is 0 Å². The topological polar surface area (TPSA) is 54.4 Å². The highest BCUT2D eigenvalue weighted by atomic mass is 16.5. The lowest BCUT2D eigenvalue weighted by atomic mass is 10.1. The molecule has 1 aliphatic carbocycles. The van der Waals surface area contributed by atoms with E-state index < -0.39 is 0 Å². The average molecular weight is 276 g/mol. The summed E-state index contributed by atoms with van der Waals surface area (Å²) in [6.45, 7) is 2.19. The molecule has 0 bridgehead atoms. The van der Waals surface area contributed by atoms with Gasteiger partial charge in [-0.2, -0.15) is 0 Å². The van der Waals surface area contributed by atoms with E-state index in [0.717, 1.165) is 43.6 Å². The van der Waals surface area contributed by atoms with E-state index in [-0.39, 0.29) is 0 Å². The van der Waals surface area contributed by atoms with Crippen LogP contribution in [0.5, 0.6) is 5.75 Å². The van der Waals surface area contributed by atoms with Gasteiger partial charge in [-0.3, -0.25) is 4.98 Å². The Bertz CT molecular complexity index is 434. The summed E-state index contributed by atoms with van der Waals surface area (Å²) in [5, 5.41) is 12.2. The Morgan fingerprint density at radius 2 is 2.15 bits per heavy atom. The third-order valence-electron chi connectivity index (χ3n) is 4.52. The molecule has 2 N–H and O–H groups in total. The molecule has 0 amide bonds. The number of hydrogen-bond donors (Lipinski definition) is 2. The number of aliphatic hydroxyl groups is 1. The third-order valence-corrected chi connectivity index (χ3v) is 4.52. The zero-order chi connectivity index (χ0) is 13.8. The van der Waals surface area contributed by atoms with Crippen molar-refractivity contribution < 1.29 is 9.84 Å². The van der Waals surface area contributed by atoms with Gasteiger partial charge in [0.15, 0.2) is 0 Å². The molecule has 2 aliphatic rings. The predicted octanol–water partition coefficient (Wildman–Crippen LogP) is 1.77. The number of nitrogens with one attached hydrogen (secondary N) is 1. The molecular weight excluding hydrogens is 252 g/mol. The minimum atomic E-state index is 0.335. The van der Waals surface area contributed by atoms with E-state index in [0.29, 0.717) is 12.6 Å². The second-order valence-corrected chi connectivity index (χ2v) is 6.09. The highest BCUT2D eigenvalue weighted by Crippen LogP contribution is 2.44. The molecule has 3 atom stereocenters. The molecule has 2 fully saturated rings. The Morgan fingerprint density at radius 1 is 1.30 bits per heavy atom. The first-order chi connectivity index (χ1) is 9.85. The monoisotopic (exact) mass is 276 g/mol. The number of nitrogens with zero attached hydrogens (tertiary/aromatic N) is 1. The van der Waals surface area contributed by atoms with Crippen LogP contribution in [0, 0.1) is 11.8 Å². The molecule has 4 nitrogen and oxygen atoms in total. The van der Waals surface area contributed by atoms with Gasteiger partial charge in [0.1, 0.15) is 12.4 Å². The van der Waals surface area contributed by atoms with Crippen LogP contribution in [0.1, 0.15) is 31.2 Å². The van der Waals surface area contributed by atoms with E-state index >= 15 is 0 Å². The molecule has 0 spiro atoms. The fraction of sp³-hybridized carbons (Fsp3) is 0.688. The van der Waals surface area contributed by atoms with Crippen molar-refractivity contribution >= 4 is 0 Å². The highest BCUT2D eigenvalue weighted by Gasteiger charge is 2.35. The van der Waals surface area contributed by atoms with Gasteiger partial charge in [-0.1, -0.05) is 0 Å². The first kappa shape index (κ1) is 13.8. The van der Waals surface area contributed by atoms with E-state index in [1.54, 1.807) is 6.20 Å². The summed E-state index contributed by atoms with van der Waals surface area (Å²) < 4.78 is 5.77. The first-order valence-electron chi connectivity index (χ1n) is 7.76. The normalized spacial score (nSPS) is 27.9. The van der Waals surface area contributed by atoms with Crippen molar-refractivity contribution in [2.75, 3.05) is 19.8 Å². The van der Waals surface area contributed by atoms with Crippen LogP contribution in [0.4, 0.5) is 0 Å². The maximum Gasteiger partial charge on any atom is 0.137 e. The van der Waals surface area contributed by atoms with E-state index in [1.807, 2.05) is 6.20 Å². The minimum Gasteiger partial charge on any atom is -0.490 e. The Hall–Kier alpha value is -1.13. The SMILES string of the molecule is OCC[C@@H]1C[C@@H]1CCc1cncc(OC[C@@H]2CCN2)c1. The first-order valence-corrected chi connectivity index (χ1v) is 7.76. The van der Waals surface area contributed by atoms with Crippen LogP contribution in [0.25, 0.3) is 0 Å². The van der Waals surface area contributed by atoms with Crippen LogP contribution in [0.3, 0.4) is 0 Å². The van der Waals surface area contributed by atoms with Crippen molar-refractivity contribution in [2.45, 2.75) is 38.1 Å². The molecule has 20 heavy (non-hydrogen) atoms. The average Bonchev–Trinajstić information content (AvgIpc) is 3.14. The molecule has 1 saturated heterocycles. The molecule has 2 heterocycles. The van der Waals surface area contributed by atoms with Crippen molar-refractivity contribution in [3.8, 4) is 5.75 Å². The molecular formula is C16H24N2O2. The Labute approximate surface area is 120 Å². The number of rotatable bonds is 8. The van der Waals surface area contributed by atoms with Gasteiger partial charge in [-0.05, 0) is 62.1 Å². The van der Waals surface area contributed by atoms with Crippen LogP contribution in [0.2, 0.25) is 0 Å². The Balaban J connectivity index is 1.42. The molecule has 110 valence electrons. The molecule has 0 unspecified atom stereocenters. The van der Waals surface area contributed by atoms with Crippen LogP contribution in [0.15, 0.2) is 18.5 Å². The largest absolute Gasteiger partial charge is 0.490 e. The maximum atomic E-state index is 8.91. The number of aromatic nitrogens is 1. The summed E-state index contributed by atoms with van der Waals surface area (Å²) in [4.78, 5) is 4.27. The van der Waals surface area contributed by atoms with E-state index in [9.17, 15) is 0 Å².